The van der Waals surface area contributed by atoms with Gasteiger partial charge < -0.3 is 9.64 Å². The summed E-state index contributed by atoms with van der Waals surface area (Å²) in [5.74, 6) is 0.596. The van der Waals surface area contributed by atoms with Gasteiger partial charge >= 0.3 is 0 Å². The Morgan fingerprint density at radius 3 is 2.29 bits per heavy atom. The summed E-state index contributed by atoms with van der Waals surface area (Å²) >= 11 is 0. The first-order valence-corrected chi connectivity index (χ1v) is 8.28. The predicted molar refractivity (Wildman–Crippen MR) is 91.4 cm³/mol. The molecule has 1 fully saturated rings. The lowest BCUT2D eigenvalue weighted by Gasteiger charge is -2.30. The zero-order valence-electron chi connectivity index (χ0n) is 13.5. The van der Waals surface area contributed by atoms with Crippen molar-refractivity contribution in [3.05, 3.63) is 65.7 Å². The minimum Gasteiger partial charge on any atom is -0.476 e. The van der Waals surface area contributed by atoms with Gasteiger partial charge in [0, 0.05) is 18.7 Å². The van der Waals surface area contributed by atoms with Gasteiger partial charge in [-0.25, -0.2) is 0 Å². The third-order valence-electron chi connectivity index (χ3n) is 4.23. The second kappa shape index (κ2) is 7.65. The van der Waals surface area contributed by atoms with Crippen LogP contribution < -0.4 is 4.74 Å². The van der Waals surface area contributed by atoms with Gasteiger partial charge in [0.15, 0.2) is 0 Å². The van der Waals surface area contributed by atoms with Crippen molar-refractivity contribution in [2.45, 2.75) is 25.4 Å². The molecule has 1 atom stereocenters. The molecule has 3 rings (SSSR count). The number of benzene rings is 2. The molecule has 0 bridgehead atoms. The van der Waals surface area contributed by atoms with Gasteiger partial charge in [0.1, 0.15) is 5.75 Å². The molecule has 0 aromatic heterocycles. The largest absolute Gasteiger partial charge is 0.476 e. The number of amides is 1. The average Bonchev–Trinajstić information content (AvgIpc) is 2.67. The molecule has 2 aromatic rings. The number of hydrogen-bond donors (Lipinski definition) is 0. The lowest BCUT2D eigenvalue weighted by Crippen LogP contribution is -2.40. The summed E-state index contributed by atoms with van der Waals surface area (Å²) in [7, 11) is 0. The van der Waals surface area contributed by atoms with E-state index in [1.54, 1.807) is 24.3 Å². The molecular formula is C20H20N2O2. The Bertz CT molecular complexity index is 714. The highest BCUT2D eigenvalue weighted by Gasteiger charge is 2.28. The second-order valence-electron chi connectivity index (χ2n) is 5.93. The summed E-state index contributed by atoms with van der Waals surface area (Å²) in [6.45, 7) is 1.58. The third-order valence-corrected chi connectivity index (χ3v) is 4.23. The van der Waals surface area contributed by atoms with Crippen LogP contribution in [-0.4, -0.2) is 23.9 Å². The summed E-state index contributed by atoms with van der Waals surface area (Å²) in [5.41, 5.74) is 1.42. The number of carbonyl (C=O) groups is 1. The molecule has 1 aliphatic heterocycles. The Balaban J connectivity index is 1.84. The van der Waals surface area contributed by atoms with Crippen molar-refractivity contribution in [2.75, 3.05) is 13.1 Å². The van der Waals surface area contributed by atoms with E-state index in [9.17, 15) is 4.79 Å². The Hall–Kier alpha value is -2.80. The fraction of sp³-hybridized carbons (Fsp3) is 0.300. The second-order valence-corrected chi connectivity index (χ2v) is 5.93. The molecular weight excluding hydrogens is 300 g/mol. The predicted octanol–water partition coefficient (Wildman–Crippen LogP) is 3.69. The van der Waals surface area contributed by atoms with Gasteiger partial charge in [-0.3, -0.25) is 4.79 Å². The van der Waals surface area contributed by atoms with Crippen LogP contribution in [0.3, 0.4) is 0 Å². The maximum absolute atomic E-state index is 13.0. The van der Waals surface area contributed by atoms with Gasteiger partial charge in [-0.15, -0.1) is 0 Å². The highest BCUT2D eigenvalue weighted by atomic mass is 16.5. The summed E-state index contributed by atoms with van der Waals surface area (Å²) in [5, 5.41) is 8.90. The zero-order chi connectivity index (χ0) is 16.8. The van der Waals surface area contributed by atoms with Crippen LogP contribution >= 0.6 is 0 Å². The van der Waals surface area contributed by atoms with E-state index in [-0.39, 0.29) is 5.91 Å². The molecule has 0 aliphatic carbocycles. The summed E-state index contributed by atoms with van der Waals surface area (Å²) in [6.07, 6.45) is 2.61. The lowest BCUT2D eigenvalue weighted by molar-refractivity contribution is -0.140. The molecule has 1 amide bonds. The summed E-state index contributed by atoms with van der Waals surface area (Å²) in [4.78, 5) is 14.9. The van der Waals surface area contributed by atoms with E-state index in [1.807, 2.05) is 35.2 Å². The number of nitrogens with zero attached hydrogens (tertiary/aromatic N) is 2. The van der Waals surface area contributed by atoms with Crippen LogP contribution in [0.1, 0.15) is 36.5 Å². The quantitative estimate of drug-likeness (QED) is 0.863. The normalized spacial score (nSPS) is 15.4. The molecule has 1 aliphatic rings. The van der Waals surface area contributed by atoms with E-state index >= 15 is 0 Å². The van der Waals surface area contributed by atoms with Gasteiger partial charge in [0.2, 0.25) is 6.10 Å². The van der Waals surface area contributed by atoms with Crippen molar-refractivity contribution in [3.63, 3.8) is 0 Å². The smallest absolute Gasteiger partial charge is 0.268 e. The number of hydrogen-bond acceptors (Lipinski definition) is 3. The van der Waals surface area contributed by atoms with Gasteiger partial charge in [0.05, 0.1) is 11.6 Å². The molecule has 2 aromatic carbocycles. The van der Waals surface area contributed by atoms with Crippen LogP contribution in [0.4, 0.5) is 0 Å². The van der Waals surface area contributed by atoms with Crippen LogP contribution in [0.25, 0.3) is 0 Å². The monoisotopic (exact) mass is 320 g/mol. The van der Waals surface area contributed by atoms with Crippen molar-refractivity contribution in [1.29, 1.82) is 5.26 Å². The first-order chi connectivity index (χ1) is 11.8. The number of carbonyl (C=O) groups excluding carboxylic acids is 1. The fourth-order valence-corrected chi connectivity index (χ4v) is 2.91. The van der Waals surface area contributed by atoms with Crippen LogP contribution in [0, 0.1) is 11.3 Å². The highest BCUT2D eigenvalue weighted by molar-refractivity contribution is 5.82. The van der Waals surface area contributed by atoms with Crippen molar-refractivity contribution < 1.29 is 9.53 Å². The first-order valence-electron chi connectivity index (χ1n) is 8.28. The molecule has 122 valence electrons. The molecule has 0 N–H and O–H groups in total. The van der Waals surface area contributed by atoms with E-state index in [2.05, 4.69) is 6.07 Å². The van der Waals surface area contributed by atoms with Crippen molar-refractivity contribution in [1.82, 2.24) is 4.90 Å². The van der Waals surface area contributed by atoms with Crippen LogP contribution in [0.15, 0.2) is 54.6 Å². The Kier molecular flexibility index (Phi) is 5.12. The van der Waals surface area contributed by atoms with E-state index < -0.39 is 6.10 Å². The zero-order valence-corrected chi connectivity index (χ0v) is 13.5. The third kappa shape index (κ3) is 3.75. The maximum atomic E-state index is 13.0. The number of ether oxygens (including phenoxy) is 1. The fourth-order valence-electron chi connectivity index (χ4n) is 2.91. The van der Waals surface area contributed by atoms with Gasteiger partial charge in [-0.2, -0.15) is 5.26 Å². The molecule has 4 heteroatoms. The van der Waals surface area contributed by atoms with E-state index in [0.717, 1.165) is 31.5 Å². The van der Waals surface area contributed by atoms with E-state index in [4.69, 9.17) is 10.00 Å². The van der Waals surface area contributed by atoms with Crippen LogP contribution in [0.2, 0.25) is 0 Å². The Morgan fingerprint density at radius 2 is 1.67 bits per heavy atom. The topological polar surface area (TPSA) is 53.3 Å². The number of likely N-dealkylation sites (tertiary alicyclic amines) is 1. The molecule has 24 heavy (non-hydrogen) atoms. The summed E-state index contributed by atoms with van der Waals surface area (Å²) < 4.78 is 6.01. The Morgan fingerprint density at radius 1 is 1.00 bits per heavy atom. The minimum atomic E-state index is -0.655. The maximum Gasteiger partial charge on any atom is 0.268 e. The van der Waals surface area contributed by atoms with Crippen LogP contribution in [0.5, 0.6) is 5.75 Å². The summed E-state index contributed by atoms with van der Waals surface area (Å²) in [6, 6.07) is 18.5. The molecule has 0 unspecified atom stereocenters. The molecule has 4 nitrogen and oxygen atoms in total. The first kappa shape index (κ1) is 16.1. The molecule has 0 spiro atoms. The van der Waals surface area contributed by atoms with Crippen LogP contribution in [-0.2, 0) is 4.79 Å². The molecule has 1 heterocycles. The van der Waals surface area contributed by atoms with Crippen molar-refractivity contribution >= 4 is 5.91 Å². The number of rotatable bonds is 4. The molecule has 0 saturated carbocycles. The number of piperidine rings is 1. The van der Waals surface area contributed by atoms with E-state index in [1.165, 1.54) is 6.42 Å². The van der Waals surface area contributed by atoms with Crippen molar-refractivity contribution in [3.8, 4) is 11.8 Å². The SMILES string of the molecule is N#Cc1ccc(O[C@H](C(=O)N2CCCCC2)c2ccccc2)cc1. The minimum absolute atomic E-state index is 0.00487. The van der Waals surface area contributed by atoms with Gasteiger partial charge in [0.25, 0.3) is 5.91 Å². The molecule has 1 saturated heterocycles. The molecule has 0 radical (unpaired) electrons. The van der Waals surface area contributed by atoms with Gasteiger partial charge in [-0.1, -0.05) is 30.3 Å². The number of nitriles is 1. The average molecular weight is 320 g/mol. The highest BCUT2D eigenvalue weighted by Crippen LogP contribution is 2.25. The van der Waals surface area contributed by atoms with Crippen molar-refractivity contribution in [2.24, 2.45) is 0 Å². The van der Waals surface area contributed by atoms with E-state index in [0.29, 0.717) is 11.3 Å². The van der Waals surface area contributed by atoms with Gasteiger partial charge in [-0.05, 0) is 43.5 Å². The lowest BCUT2D eigenvalue weighted by atomic mass is 10.1. The standard InChI is InChI=1S/C20H20N2O2/c21-15-16-9-11-18(12-10-16)24-19(17-7-3-1-4-8-17)20(23)22-13-5-2-6-14-22/h1,3-4,7-12,19H,2,5-6,13-14H2/t19-/m0/s1. The Labute approximate surface area is 142 Å².